The molecule has 0 aliphatic rings. The molecule has 0 atom stereocenters. The van der Waals surface area contributed by atoms with Crippen LogP contribution in [-0.4, -0.2) is 41.9 Å². The van der Waals surface area contributed by atoms with E-state index in [1.54, 1.807) is 13.8 Å². The van der Waals surface area contributed by atoms with E-state index in [1.807, 2.05) is 6.92 Å². The summed E-state index contributed by atoms with van der Waals surface area (Å²) in [7, 11) is -3.60. The first-order valence-corrected chi connectivity index (χ1v) is 8.34. The molecule has 0 aliphatic carbocycles. The Hall–Kier alpha value is -1.06. The highest BCUT2D eigenvalue weighted by atomic mass is 32.2. The molecule has 0 bridgehead atoms. The Kier molecular flexibility index (Phi) is 5.83. The molecule has 1 aromatic heterocycles. The van der Waals surface area contributed by atoms with Crippen LogP contribution in [-0.2, 0) is 14.8 Å². The van der Waals surface area contributed by atoms with Gasteiger partial charge in [0.2, 0.25) is 15.4 Å². The summed E-state index contributed by atoms with van der Waals surface area (Å²) >= 11 is 0.869. The standard InChI is InChI=1S/C10H18N4O3S2/c1-4-7-8(15)11-9-12-13-10(18-9)19(16,17)14(5-2)6-3/h4-7H2,1-3H3,(H,11,12,15). The van der Waals surface area contributed by atoms with Crippen molar-refractivity contribution in [2.24, 2.45) is 0 Å². The number of aromatic nitrogens is 2. The van der Waals surface area contributed by atoms with Crippen molar-refractivity contribution in [3.8, 4) is 0 Å². The Morgan fingerprint density at radius 2 is 1.89 bits per heavy atom. The van der Waals surface area contributed by atoms with Crippen LogP contribution in [0.5, 0.6) is 0 Å². The zero-order chi connectivity index (χ0) is 14.5. The molecule has 108 valence electrons. The predicted molar refractivity (Wildman–Crippen MR) is 73.6 cm³/mol. The molecular formula is C10H18N4O3S2. The summed E-state index contributed by atoms with van der Waals surface area (Å²) in [6.07, 6.45) is 1.09. The molecule has 0 unspecified atom stereocenters. The lowest BCUT2D eigenvalue weighted by Crippen LogP contribution is -2.30. The van der Waals surface area contributed by atoms with E-state index in [4.69, 9.17) is 0 Å². The number of carbonyl (C=O) groups is 1. The van der Waals surface area contributed by atoms with Crippen LogP contribution in [0.2, 0.25) is 0 Å². The van der Waals surface area contributed by atoms with Crippen LogP contribution in [0, 0.1) is 0 Å². The minimum Gasteiger partial charge on any atom is -0.301 e. The lowest BCUT2D eigenvalue weighted by Gasteiger charge is -2.15. The molecule has 0 saturated heterocycles. The van der Waals surface area contributed by atoms with Gasteiger partial charge in [-0.25, -0.2) is 8.42 Å². The van der Waals surface area contributed by atoms with Gasteiger partial charge in [0.25, 0.3) is 10.0 Å². The highest BCUT2D eigenvalue weighted by Gasteiger charge is 2.26. The lowest BCUT2D eigenvalue weighted by molar-refractivity contribution is -0.116. The fourth-order valence-electron chi connectivity index (χ4n) is 1.45. The number of amides is 1. The third-order valence-electron chi connectivity index (χ3n) is 2.40. The first kappa shape index (κ1) is 16.0. The van der Waals surface area contributed by atoms with E-state index in [-0.39, 0.29) is 15.4 Å². The summed E-state index contributed by atoms with van der Waals surface area (Å²) in [5.74, 6) is -0.189. The number of sulfonamides is 1. The molecule has 1 N–H and O–H groups in total. The first-order valence-electron chi connectivity index (χ1n) is 6.09. The van der Waals surface area contributed by atoms with E-state index in [2.05, 4.69) is 15.5 Å². The number of anilines is 1. The number of nitrogens with one attached hydrogen (secondary N) is 1. The molecule has 19 heavy (non-hydrogen) atoms. The van der Waals surface area contributed by atoms with E-state index >= 15 is 0 Å². The van der Waals surface area contributed by atoms with E-state index in [0.717, 1.165) is 17.8 Å². The number of carbonyl (C=O) groups excluding carboxylic acids is 1. The van der Waals surface area contributed by atoms with Gasteiger partial charge in [-0.15, -0.1) is 10.2 Å². The summed E-state index contributed by atoms with van der Waals surface area (Å²) < 4.78 is 25.5. The molecule has 1 amide bonds. The van der Waals surface area contributed by atoms with Crippen LogP contribution >= 0.6 is 11.3 Å². The second kappa shape index (κ2) is 6.92. The van der Waals surface area contributed by atoms with Crippen molar-refractivity contribution in [3.63, 3.8) is 0 Å². The number of hydrogen-bond acceptors (Lipinski definition) is 6. The van der Waals surface area contributed by atoms with Gasteiger partial charge in [-0.3, -0.25) is 4.79 Å². The average molecular weight is 306 g/mol. The van der Waals surface area contributed by atoms with Crippen molar-refractivity contribution < 1.29 is 13.2 Å². The van der Waals surface area contributed by atoms with Crippen LogP contribution in [0.4, 0.5) is 5.13 Å². The van der Waals surface area contributed by atoms with Gasteiger partial charge in [0.1, 0.15) is 0 Å². The Bertz CT molecular complexity index is 523. The highest BCUT2D eigenvalue weighted by Crippen LogP contribution is 2.23. The molecule has 1 rings (SSSR count). The van der Waals surface area contributed by atoms with Gasteiger partial charge in [-0.05, 0) is 6.42 Å². The summed E-state index contributed by atoms with van der Waals surface area (Å²) in [4.78, 5) is 11.4. The van der Waals surface area contributed by atoms with Crippen LogP contribution < -0.4 is 5.32 Å². The van der Waals surface area contributed by atoms with Crippen LogP contribution in [0.15, 0.2) is 4.34 Å². The monoisotopic (exact) mass is 306 g/mol. The largest absolute Gasteiger partial charge is 0.301 e. The van der Waals surface area contributed by atoms with Gasteiger partial charge in [0.15, 0.2) is 0 Å². The second-order valence-electron chi connectivity index (χ2n) is 3.76. The molecule has 1 aromatic rings. The second-order valence-corrected chi connectivity index (χ2v) is 6.85. The fraction of sp³-hybridized carbons (Fsp3) is 0.700. The van der Waals surface area contributed by atoms with Gasteiger partial charge in [0.05, 0.1) is 0 Å². The maximum absolute atomic E-state index is 12.1. The van der Waals surface area contributed by atoms with E-state index in [1.165, 1.54) is 4.31 Å². The van der Waals surface area contributed by atoms with E-state index in [9.17, 15) is 13.2 Å². The van der Waals surface area contributed by atoms with Crippen LogP contribution in [0.25, 0.3) is 0 Å². The molecule has 0 spiro atoms. The number of nitrogens with zero attached hydrogens (tertiary/aromatic N) is 3. The van der Waals surface area contributed by atoms with E-state index < -0.39 is 10.0 Å². The zero-order valence-electron chi connectivity index (χ0n) is 11.2. The highest BCUT2D eigenvalue weighted by molar-refractivity contribution is 7.91. The summed E-state index contributed by atoms with van der Waals surface area (Å²) in [5.41, 5.74) is 0. The Labute approximate surface area is 117 Å². The SMILES string of the molecule is CCCC(=O)Nc1nnc(S(=O)(=O)N(CC)CC)s1. The van der Waals surface area contributed by atoms with Crippen molar-refractivity contribution in [1.29, 1.82) is 0 Å². The fourth-order valence-corrected chi connectivity index (χ4v) is 3.96. The maximum atomic E-state index is 12.1. The molecule has 0 fully saturated rings. The molecule has 9 heteroatoms. The smallest absolute Gasteiger partial charge is 0.272 e. The van der Waals surface area contributed by atoms with Gasteiger partial charge < -0.3 is 5.32 Å². The Morgan fingerprint density at radius 3 is 2.42 bits per heavy atom. The van der Waals surface area contributed by atoms with E-state index in [0.29, 0.717) is 19.5 Å². The van der Waals surface area contributed by atoms with Crippen molar-refractivity contribution in [2.75, 3.05) is 18.4 Å². The molecular weight excluding hydrogens is 288 g/mol. The number of rotatable bonds is 7. The number of hydrogen-bond donors (Lipinski definition) is 1. The Balaban J connectivity index is 2.87. The minimum absolute atomic E-state index is 0.0944. The zero-order valence-corrected chi connectivity index (χ0v) is 12.8. The lowest BCUT2D eigenvalue weighted by atomic mass is 10.3. The third-order valence-corrected chi connectivity index (χ3v) is 5.63. The maximum Gasteiger partial charge on any atom is 0.272 e. The van der Waals surface area contributed by atoms with Gasteiger partial charge in [0, 0.05) is 19.5 Å². The van der Waals surface area contributed by atoms with Crippen molar-refractivity contribution in [1.82, 2.24) is 14.5 Å². The van der Waals surface area contributed by atoms with Crippen molar-refractivity contribution in [3.05, 3.63) is 0 Å². The summed E-state index contributed by atoms with van der Waals surface area (Å²) in [6, 6.07) is 0. The molecule has 1 heterocycles. The molecule has 0 saturated carbocycles. The quantitative estimate of drug-likeness (QED) is 0.767. The van der Waals surface area contributed by atoms with Crippen molar-refractivity contribution >= 4 is 32.4 Å². The summed E-state index contributed by atoms with van der Waals surface area (Å²) in [6.45, 7) is 6.14. The molecule has 7 nitrogen and oxygen atoms in total. The normalized spacial score (nSPS) is 11.8. The van der Waals surface area contributed by atoms with Crippen LogP contribution in [0.1, 0.15) is 33.6 Å². The summed E-state index contributed by atoms with van der Waals surface area (Å²) in [5, 5.41) is 10.1. The first-order chi connectivity index (χ1) is 8.95. The van der Waals surface area contributed by atoms with Crippen LogP contribution in [0.3, 0.4) is 0 Å². The topological polar surface area (TPSA) is 92.3 Å². The van der Waals surface area contributed by atoms with Gasteiger partial charge in [-0.2, -0.15) is 4.31 Å². The molecule has 0 aliphatic heterocycles. The van der Waals surface area contributed by atoms with Gasteiger partial charge in [-0.1, -0.05) is 32.1 Å². The predicted octanol–water partition coefficient (Wildman–Crippen LogP) is 1.31. The van der Waals surface area contributed by atoms with Gasteiger partial charge >= 0.3 is 0 Å². The molecule has 0 radical (unpaired) electrons. The average Bonchev–Trinajstić information content (AvgIpc) is 2.79. The van der Waals surface area contributed by atoms with Crippen molar-refractivity contribution in [2.45, 2.75) is 38.0 Å². The third kappa shape index (κ3) is 3.95. The molecule has 0 aromatic carbocycles. The minimum atomic E-state index is -3.60. The Morgan fingerprint density at radius 1 is 1.26 bits per heavy atom.